The van der Waals surface area contributed by atoms with Gasteiger partial charge in [-0.2, -0.15) is 0 Å². The summed E-state index contributed by atoms with van der Waals surface area (Å²) in [7, 11) is 1.68. The molecule has 3 heterocycles. The van der Waals surface area contributed by atoms with E-state index in [9.17, 15) is 0 Å². The van der Waals surface area contributed by atoms with E-state index in [2.05, 4.69) is 26.9 Å². The third-order valence-electron chi connectivity index (χ3n) is 4.92. The molecular formula is C21H21N5O. The van der Waals surface area contributed by atoms with Crippen molar-refractivity contribution < 1.29 is 4.74 Å². The summed E-state index contributed by atoms with van der Waals surface area (Å²) in [6.45, 7) is 8.03. The van der Waals surface area contributed by atoms with Crippen LogP contribution in [0.4, 0.5) is 0 Å². The van der Waals surface area contributed by atoms with E-state index in [0.29, 0.717) is 0 Å². The number of aromatic amines is 1. The second-order valence-electron chi connectivity index (χ2n) is 6.68. The molecule has 1 N–H and O–H groups in total. The summed E-state index contributed by atoms with van der Waals surface area (Å²) in [5, 5.41) is 0. The number of H-pyrrole nitrogens is 1. The Labute approximate surface area is 157 Å². The molecule has 4 aromatic rings. The first kappa shape index (κ1) is 17.1. The van der Waals surface area contributed by atoms with Gasteiger partial charge in [0.15, 0.2) is 5.65 Å². The van der Waals surface area contributed by atoms with Crippen LogP contribution in [-0.4, -0.2) is 32.0 Å². The van der Waals surface area contributed by atoms with Crippen LogP contribution >= 0.6 is 0 Å². The predicted molar refractivity (Wildman–Crippen MR) is 106 cm³/mol. The highest BCUT2D eigenvalue weighted by molar-refractivity contribution is 5.86. The molecule has 6 heteroatoms. The van der Waals surface area contributed by atoms with Crippen molar-refractivity contribution in [2.24, 2.45) is 0 Å². The molecule has 3 aromatic heterocycles. The van der Waals surface area contributed by atoms with Crippen LogP contribution in [0.2, 0.25) is 0 Å². The molecule has 0 unspecified atom stereocenters. The first-order chi connectivity index (χ1) is 13.0. The van der Waals surface area contributed by atoms with E-state index in [1.54, 1.807) is 7.11 Å². The van der Waals surface area contributed by atoms with E-state index >= 15 is 0 Å². The van der Waals surface area contributed by atoms with Crippen molar-refractivity contribution >= 4 is 11.2 Å². The zero-order valence-corrected chi connectivity index (χ0v) is 16.1. The van der Waals surface area contributed by atoms with Gasteiger partial charge in [0, 0.05) is 34.6 Å². The molecule has 0 saturated carbocycles. The summed E-state index contributed by atoms with van der Waals surface area (Å²) in [6, 6.07) is 4.03. The van der Waals surface area contributed by atoms with Crippen molar-refractivity contribution in [3.8, 4) is 28.3 Å². The molecule has 0 atom stereocenters. The lowest BCUT2D eigenvalue weighted by Crippen LogP contribution is -1.96. The van der Waals surface area contributed by atoms with Crippen LogP contribution in [0.1, 0.15) is 22.5 Å². The Balaban J connectivity index is 1.89. The molecule has 0 spiro atoms. The normalized spacial score (nSPS) is 11.1. The second-order valence-corrected chi connectivity index (χ2v) is 6.68. The maximum absolute atomic E-state index is 5.48. The zero-order chi connectivity index (χ0) is 19.1. The van der Waals surface area contributed by atoms with Gasteiger partial charge in [-0.15, -0.1) is 0 Å². The second kappa shape index (κ2) is 6.46. The minimum atomic E-state index is 0.745. The number of aromatic nitrogens is 5. The summed E-state index contributed by atoms with van der Waals surface area (Å²) in [5.41, 5.74) is 8.61. The van der Waals surface area contributed by atoms with Crippen molar-refractivity contribution in [1.82, 2.24) is 24.9 Å². The van der Waals surface area contributed by atoms with E-state index in [4.69, 9.17) is 9.72 Å². The highest BCUT2D eigenvalue weighted by atomic mass is 16.5. The summed E-state index contributed by atoms with van der Waals surface area (Å²) in [5.74, 6) is 1.59. The molecule has 1 aromatic carbocycles. The molecular weight excluding hydrogens is 338 g/mol. The van der Waals surface area contributed by atoms with Gasteiger partial charge < -0.3 is 9.72 Å². The van der Waals surface area contributed by atoms with Gasteiger partial charge in [-0.25, -0.2) is 19.9 Å². The molecule has 0 saturated heterocycles. The Bertz CT molecular complexity index is 1150. The number of methoxy groups -OCH3 is 1. The number of aryl methyl sites for hydroxylation is 3. The Kier molecular flexibility index (Phi) is 4.11. The van der Waals surface area contributed by atoms with E-state index in [1.807, 2.05) is 51.5 Å². The third-order valence-corrected chi connectivity index (χ3v) is 4.92. The fraction of sp³-hybridized carbons (Fsp3) is 0.238. The topological polar surface area (TPSA) is 76.6 Å². The van der Waals surface area contributed by atoms with Gasteiger partial charge in [0.25, 0.3) is 0 Å². The summed E-state index contributed by atoms with van der Waals surface area (Å²) >= 11 is 0. The molecule has 6 nitrogen and oxygen atoms in total. The van der Waals surface area contributed by atoms with Gasteiger partial charge in [-0.3, -0.25) is 0 Å². The van der Waals surface area contributed by atoms with Gasteiger partial charge >= 0.3 is 0 Å². The quantitative estimate of drug-likeness (QED) is 0.589. The summed E-state index contributed by atoms with van der Waals surface area (Å²) < 4.78 is 5.48. The first-order valence-corrected chi connectivity index (χ1v) is 8.78. The maximum atomic E-state index is 5.48. The van der Waals surface area contributed by atoms with Crippen LogP contribution < -0.4 is 4.74 Å². The Morgan fingerprint density at radius 3 is 2.33 bits per heavy atom. The third kappa shape index (κ3) is 2.83. The molecule has 136 valence electrons. The highest BCUT2D eigenvalue weighted by Crippen LogP contribution is 2.34. The van der Waals surface area contributed by atoms with Gasteiger partial charge in [0.1, 0.15) is 17.1 Å². The number of hydrogen-bond donors (Lipinski definition) is 1. The number of benzene rings is 1. The van der Waals surface area contributed by atoms with Crippen molar-refractivity contribution in [3.63, 3.8) is 0 Å². The number of nitrogens with one attached hydrogen (secondary N) is 1. The average molecular weight is 359 g/mol. The number of rotatable bonds is 3. The fourth-order valence-electron chi connectivity index (χ4n) is 3.45. The minimum absolute atomic E-state index is 0.745. The maximum Gasteiger partial charge on any atom is 0.156 e. The van der Waals surface area contributed by atoms with Crippen LogP contribution in [0.25, 0.3) is 33.7 Å². The van der Waals surface area contributed by atoms with Crippen LogP contribution in [0.3, 0.4) is 0 Å². The van der Waals surface area contributed by atoms with Crippen molar-refractivity contribution in [3.05, 3.63) is 53.2 Å². The Hall–Kier alpha value is -3.28. The van der Waals surface area contributed by atoms with E-state index < -0.39 is 0 Å². The molecule has 0 aliphatic heterocycles. The SMILES string of the molecule is COc1ccc(C)c(-c2cnc3[nH]c(-c4cnc(C)nc4)c(C)c3n2)c1C. The van der Waals surface area contributed by atoms with E-state index in [-0.39, 0.29) is 0 Å². The van der Waals surface area contributed by atoms with Crippen LogP contribution in [0.5, 0.6) is 5.75 Å². The van der Waals surface area contributed by atoms with Crippen LogP contribution in [0.15, 0.2) is 30.7 Å². The Morgan fingerprint density at radius 2 is 1.63 bits per heavy atom. The van der Waals surface area contributed by atoms with Gasteiger partial charge in [-0.1, -0.05) is 6.07 Å². The summed E-state index contributed by atoms with van der Waals surface area (Å²) in [4.78, 5) is 21.5. The predicted octanol–water partition coefficient (Wildman–Crippen LogP) is 4.32. The average Bonchev–Trinajstić information content (AvgIpc) is 2.99. The standard InChI is InChI=1S/C21H21N5O/c1-11-6-7-17(27-5)12(2)18(11)16-10-24-21-20(25-16)13(3)19(26-21)15-8-22-14(4)23-9-15/h6-10H,1-5H3,(H,24,26). The van der Waals surface area contributed by atoms with Crippen molar-refractivity contribution in [2.45, 2.75) is 27.7 Å². The monoisotopic (exact) mass is 359 g/mol. The van der Waals surface area contributed by atoms with Crippen LogP contribution in [-0.2, 0) is 0 Å². The number of nitrogens with zero attached hydrogens (tertiary/aromatic N) is 4. The van der Waals surface area contributed by atoms with Crippen molar-refractivity contribution in [1.29, 1.82) is 0 Å². The van der Waals surface area contributed by atoms with E-state index in [0.717, 1.165) is 61.9 Å². The van der Waals surface area contributed by atoms with Gasteiger partial charge in [-0.05, 0) is 39.3 Å². The molecule has 4 rings (SSSR count). The molecule has 0 fully saturated rings. The summed E-state index contributed by atoms with van der Waals surface area (Å²) in [6.07, 6.45) is 5.44. The van der Waals surface area contributed by atoms with Crippen LogP contribution in [0, 0.1) is 27.7 Å². The molecule has 27 heavy (non-hydrogen) atoms. The zero-order valence-electron chi connectivity index (χ0n) is 16.1. The lowest BCUT2D eigenvalue weighted by Gasteiger charge is -2.13. The largest absolute Gasteiger partial charge is 0.496 e. The van der Waals surface area contributed by atoms with Gasteiger partial charge in [0.05, 0.1) is 24.7 Å². The Morgan fingerprint density at radius 1 is 0.889 bits per heavy atom. The molecule has 0 aliphatic rings. The lowest BCUT2D eigenvalue weighted by molar-refractivity contribution is 0.412. The number of fused-ring (bicyclic) bond motifs is 1. The fourth-order valence-corrected chi connectivity index (χ4v) is 3.45. The lowest BCUT2D eigenvalue weighted by atomic mass is 9.99. The highest BCUT2D eigenvalue weighted by Gasteiger charge is 2.16. The number of hydrogen-bond acceptors (Lipinski definition) is 5. The molecule has 0 amide bonds. The molecule has 0 aliphatic carbocycles. The van der Waals surface area contributed by atoms with Gasteiger partial charge in [0.2, 0.25) is 0 Å². The minimum Gasteiger partial charge on any atom is -0.496 e. The molecule has 0 bridgehead atoms. The van der Waals surface area contributed by atoms with E-state index in [1.165, 1.54) is 0 Å². The number of ether oxygens (including phenoxy) is 1. The van der Waals surface area contributed by atoms with Crippen molar-refractivity contribution in [2.75, 3.05) is 7.11 Å². The molecule has 0 radical (unpaired) electrons. The first-order valence-electron chi connectivity index (χ1n) is 8.78. The smallest absolute Gasteiger partial charge is 0.156 e.